The summed E-state index contributed by atoms with van der Waals surface area (Å²) >= 11 is 0. The molecule has 1 unspecified atom stereocenters. The smallest absolute Gasteiger partial charge is 0.260 e. The lowest BCUT2D eigenvalue weighted by Crippen LogP contribution is -2.39. The highest BCUT2D eigenvalue weighted by atomic mass is 16.5. The number of methoxy groups -OCH3 is 1. The van der Waals surface area contributed by atoms with Crippen LogP contribution in [0, 0.1) is 5.92 Å². The highest BCUT2D eigenvalue weighted by Crippen LogP contribution is 2.18. The van der Waals surface area contributed by atoms with E-state index >= 15 is 0 Å². The molecule has 1 aliphatic rings. The molecule has 1 amide bonds. The molecule has 5 nitrogen and oxygen atoms in total. The van der Waals surface area contributed by atoms with Crippen LogP contribution in [0.2, 0.25) is 0 Å². The fraction of sp³-hybridized carbons (Fsp3) is 0.632. The SMILES string of the molecule is COc1ccc(OC(C)C(=O)NCCCN2CCC(C)CC2)cc1. The van der Waals surface area contributed by atoms with Gasteiger partial charge in [-0.05, 0) is 76.0 Å². The van der Waals surface area contributed by atoms with Crippen molar-refractivity contribution in [2.75, 3.05) is 33.3 Å². The van der Waals surface area contributed by atoms with Crippen molar-refractivity contribution in [3.05, 3.63) is 24.3 Å². The molecular formula is C19H30N2O3. The van der Waals surface area contributed by atoms with Crippen molar-refractivity contribution in [2.45, 2.75) is 39.2 Å². The molecule has 134 valence electrons. The normalized spacial score (nSPS) is 17.3. The summed E-state index contributed by atoms with van der Waals surface area (Å²) in [4.78, 5) is 14.6. The lowest BCUT2D eigenvalue weighted by Gasteiger charge is -2.30. The van der Waals surface area contributed by atoms with E-state index in [2.05, 4.69) is 17.1 Å². The number of amides is 1. The predicted octanol–water partition coefficient (Wildman–Crippen LogP) is 2.70. The van der Waals surface area contributed by atoms with Gasteiger partial charge in [0.15, 0.2) is 6.10 Å². The number of carbonyl (C=O) groups is 1. The molecule has 1 heterocycles. The molecule has 1 saturated heterocycles. The molecule has 0 saturated carbocycles. The summed E-state index contributed by atoms with van der Waals surface area (Å²) in [5, 5.41) is 2.96. The van der Waals surface area contributed by atoms with E-state index in [1.807, 2.05) is 12.1 Å². The number of rotatable bonds is 8. The Kier molecular flexibility index (Phi) is 7.37. The predicted molar refractivity (Wildman–Crippen MR) is 95.5 cm³/mol. The molecular weight excluding hydrogens is 304 g/mol. The summed E-state index contributed by atoms with van der Waals surface area (Å²) in [6.45, 7) is 8.22. The van der Waals surface area contributed by atoms with Crippen LogP contribution in [0.4, 0.5) is 0 Å². The third kappa shape index (κ3) is 6.04. The zero-order chi connectivity index (χ0) is 17.4. The first-order valence-electron chi connectivity index (χ1n) is 8.89. The Labute approximate surface area is 145 Å². The standard InChI is InChI=1S/C19H30N2O3/c1-15-9-13-21(14-10-15)12-4-11-20-19(22)16(2)24-18-7-5-17(23-3)6-8-18/h5-8,15-16H,4,9-14H2,1-3H3,(H,20,22). The van der Waals surface area contributed by atoms with Crippen LogP contribution in [-0.4, -0.2) is 50.2 Å². The van der Waals surface area contributed by atoms with Gasteiger partial charge in [-0.1, -0.05) is 6.92 Å². The van der Waals surface area contributed by atoms with Crippen molar-refractivity contribution in [3.8, 4) is 11.5 Å². The second-order valence-electron chi connectivity index (χ2n) is 6.60. The van der Waals surface area contributed by atoms with E-state index in [1.54, 1.807) is 26.2 Å². The molecule has 0 aliphatic carbocycles. The lowest BCUT2D eigenvalue weighted by atomic mass is 9.99. The average molecular weight is 334 g/mol. The Bertz CT molecular complexity index is 496. The molecule has 0 radical (unpaired) electrons. The molecule has 0 bridgehead atoms. The van der Waals surface area contributed by atoms with Crippen LogP contribution in [-0.2, 0) is 4.79 Å². The lowest BCUT2D eigenvalue weighted by molar-refractivity contribution is -0.127. The first-order valence-corrected chi connectivity index (χ1v) is 8.89. The molecule has 1 aliphatic heterocycles. The number of piperidine rings is 1. The van der Waals surface area contributed by atoms with Gasteiger partial charge in [-0.15, -0.1) is 0 Å². The number of ether oxygens (including phenoxy) is 2. The second-order valence-corrected chi connectivity index (χ2v) is 6.60. The largest absolute Gasteiger partial charge is 0.497 e. The Balaban J connectivity index is 1.62. The second kappa shape index (κ2) is 9.52. The summed E-state index contributed by atoms with van der Waals surface area (Å²) < 4.78 is 10.8. The maximum absolute atomic E-state index is 12.1. The van der Waals surface area contributed by atoms with Crippen LogP contribution in [0.25, 0.3) is 0 Å². The number of hydrogen-bond acceptors (Lipinski definition) is 4. The zero-order valence-corrected chi connectivity index (χ0v) is 15.1. The Morgan fingerprint density at radius 3 is 2.50 bits per heavy atom. The van der Waals surface area contributed by atoms with Gasteiger partial charge >= 0.3 is 0 Å². The number of hydrogen-bond donors (Lipinski definition) is 1. The monoisotopic (exact) mass is 334 g/mol. The maximum atomic E-state index is 12.1. The summed E-state index contributed by atoms with van der Waals surface area (Å²) in [6.07, 6.45) is 3.06. The molecule has 0 aromatic heterocycles. The Morgan fingerprint density at radius 1 is 1.25 bits per heavy atom. The van der Waals surface area contributed by atoms with Gasteiger partial charge in [0.05, 0.1) is 7.11 Å². The van der Waals surface area contributed by atoms with Gasteiger partial charge in [-0.25, -0.2) is 0 Å². The number of benzene rings is 1. The van der Waals surface area contributed by atoms with Crippen molar-refractivity contribution < 1.29 is 14.3 Å². The molecule has 0 spiro atoms. The molecule has 5 heteroatoms. The van der Waals surface area contributed by atoms with E-state index in [-0.39, 0.29) is 5.91 Å². The fourth-order valence-electron chi connectivity index (χ4n) is 2.86. The molecule has 1 fully saturated rings. The minimum Gasteiger partial charge on any atom is -0.497 e. The number of likely N-dealkylation sites (tertiary alicyclic amines) is 1. The van der Waals surface area contributed by atoms with Crippen LogP contribution in [0.5, 0.6) is 11.5 Å². The third-order valence-corrected chi connectivity index (χ3v) is 4.57. The van der Waals surface area contributed by atoms with Gasteiger partial charge in [0.2, 0.25) is 0 Å². The van der Waals surface area contributed by atoms with E-state index < -0.39 is 6.10 Å². The number of nitrogens with zero attached hydrogens (tertiary/aromatic N) is 1. The molecule has 1 aromatic carbocycles. The van der Waals surface area contributed by atoms with Crippen LogP contribution in [0.1, 0.15) is 33.1 Å². The van der Waals surface area contributed by atoms with Crippen molar-refractivity contribution in [1.82, 2.24) is 10.2 Å². The van der Waals surface area contributed by atoms with Crippen LogP contribution < -0.4 is 14.8 Å². The van der Waals surface area contributed by atoms with Crippen molar-refractivity contribution in [2.24, 2.45) is 5.92 Å². The van der Waals surface area contributed by atoms with Crippen molar-refractivity contribution >= 4 is 5.91 Å². The number of carbonyl (C=O) groups excluding carboxylic acids is 1. The van der Waals surface area contributed by atoms with Gasteiger partial charge in [-0.2, -0.15) is 0 Å². The van der Waals surface area contributed by atoms with Gasteiger partial charge < -0.3 is 19.7 Å². The van der Waals surface area contributed by atoms with Crippen molar-refractivity contribution in [3.63, 3.8) is 0 Å². The minimum atomic E-state index is -0.505. The van der Waals surface area contributed by atoms with Gasteiger partial charge in [0.25, 0.3) is 5.91 Å². The van der Waals surface area contributed by atoms with E-state index in [9.17, 15) is 4.79 Å². The fourth-order valence-corrected chi connectivity index (χ4v) is 2.86. The van der Waals surface area contributed by atoms with Gasteiger partial charge in [-0.3, -0.25) is 4.79 Å². The summed E-state index contributed by atoms with van der Waals surface area (Å²) in [7, 11) is 1.62. The molecule has 1 aromatic rings. The zero-order valence-electron chi connectivity index (χ0n) is 15.1. The molecule has 1 atom stereocenters. The number of nitrogens with one attached hydrogen (secondary N) is 1. The first-order chi connectivity index (χ1) is 11.6. The van der Waals surface area contributed by atoms with E-state index in [0.717, 1.165) is 24.6 Å². The summed E-state index contributed by atoms with van der Waals surface area (Å²) in [6, 6.07) is 7.25. The highest BCUT2D eigenvalue weighted by Gasteiger charge is 2.16. The topological polar surface area (TPSA) is 50.8 Å². The highest BCUT2D eigenvalue weighted by molar-refractivity contribution is 5.80. The van der Waals surface area contributed by atoms with Gasteiger partial charge in [0, 0.05) is 6.54 Å². The summed E-state index contributed by atoms with van der Waals surface area (Å²) in [5.74, 6) is 2.22. The van der Waals surface area contributed by atoms with Gasteiger partial charge in [0.1, 0.15) is 11.5 Å². The van der Waals surface area contributed by atoms with Crippen molar-refractivity contribution in [1.29, 1.82) is 0 Å². The van der Waals surface area contributed by atoms with E-state index in [1.165, 1.54) is 25.9 Å². The minimum absolute atomic E-state index is 0.0712. The van der Waals surface area contributed by atoms with Crippen LogP contribution >= 0.6 is 0 Å². The molecule has 1 N–H and O–H groups in total. The molecule has 2 rings (SSSR count). The first kappa shape index (κ1) is 18.6. The Hall–Kier alpha value is -1.75. The third-order valence-electron chi connectivity index (χ3n) is 4.57. The van der Waals surface area contributed by atoms with E-state index in [0.29, 0.717) is 12.3 Å². The summed E-state index contributed by atoms with van der Waals surface area (Å²) in [5.41, 5.74) is 0. The van der Waals surface area contributed by atoms with E-state index in [4.69, 9.17) is 9.47 Å². The maximum Gasteiger partial charge on any atom is 0.260 e. The Morgan fingerprint density at radius 2 is 1.88 bits per heavy atom. The van der Waals surface area contributed by atoms with Crippen LogP contribution in [0.15, 0.2) is 24.3 Å². The molecule has 24 heavy (non-hydrogen) atoms. The quantitative estimate of drug-likeness (QED) is 0.743. The van der Waals surface area contributed by atoms with Crippen LogP contribution in [0.3, 0.4) is 0 Å². The average Bonchev–Trinajstić information content (AvgIpc) is 2.60.